The molecule has 0 saturated heterocycles. The Kier molecular flexibility index (Phi) is 6.47. The number of nitrogens with one attached hydrogen (secondary N) is 1. The van der Waals surface area contributed by atoms with Crippen LogP contribution in [-0.2, 0) is 4.74 Å². The zero-order chi connectivity index (χ0) is 15.0. The maximum atomic E-state index is 11.0. The van der Waals surface area contributed by atoms with Crippen LogP contribution in [0.3, 0.4) is 0 Å². The third-order valence-electron chi connectivity index (χ3n) is 2.74. The van der Waals surface area contributed by atoms with Crippen LogP contribution in [0.5, 0.6) is 0 Å². The number of nitrogens with zero attached hydrogens (tertiary/aromatic N) is 2. The summed E-state index contributed by atoms with van der Waals surface area (Å²) in [6, 6.07) is 6.47. The molecule has 0 fully saturated rings. The first-order valence-corrected chi connectivity index (χ1v) is 6.55. The normalized spacial score (nSPS) is 10.3. The van der Waals surface area contributed by atoms with Gasteiger partial charge in [0.15, 0.2) is 0 Å². The van der Waals surface area contributed by atoms with Crippen molar-refractivity contribution >= 4 is 11.4 Å². The number of ether oxygens (including phenoxy) is 1. The van der Waals surface area contributed by atoms with Crippen molar-refractivity contribution in [2.24, 2.45) is 5.92 Å². The predicted octanol–water partition coefficient (Wildman–Crippen LogP) is 2.94. The van der Waals surface area contributed by atoms with Crippen LogP contribution < -0.4 is 5.32 Å². The summed E-state index contributed by atoms with van der Waals surface area (Å²) in [7, 11) is 0. The number of rotatable bonds is 8. The molecule has 1 rings (SSSR count). The molecule has 0 saturated carbocycles. The van der Waals surface area contributed by atoms with E-state index in [4.69, 9.17) is 10.00 Å². The summed E-state index contributed by atoms with van der Waals surface area (Å²) in [6.07, 6.45) is 0.990. The number of para-hydroxylation sites is 1. The minimum absolute atomic E-state index is 0.0562. The van der Waals surface area contributed by atoms with Gasteiger partial charge >= 0.3 is 5.69 Å². The number of nitriles is 1. The van der Waals surface area contributed by atoms with Crippen LogP contribution in [0.15, 0.2) is 18.2 Å². The van der Waals surface area contributed by atoms with Gasteiger partial charge < -0.3 is 10.1 Å². The summed E-state index contributed by atoms with van der Waals surface area (Å²) in [4.78, 5) is 10.5. The molecule has 6 nitrogen and oxygen atoms in total. The first kappa shape index (κ1) is 15.9. The smallest absolute Gasteiger partial charge is 0.309 e. The fraction of sp³-hybridized carbons (Fsp3) is 0.500. The highest BCUT2D eigenvalue weighted by molar-refractivity contribution is 5.68. The molecule has 0 radical (unpaired) electrons. The third kappa shape index (κ3) is 4.86. The molecule has 0 aliphatic rings. The van der Waals surface area contributed by atoms with Crippen molar-refractivity contribution in [3.8, 4) is 6.07 Å². The van der Waals surface area contributed by atoms with Gasteiger partial charge in [-0.1, -0.05) is 19.9 Å². The first-order chi connectivity index (χ1) is 9.56. The molecule has 0 aliphatic carbocycles. The van der Waals surface area contributed by atoms with Gasteiger partial charge in [-0.3, -0.25) is 10.1 Å². The van der Waals surface area contributed by atoms with Crippen molar-refractivity contribution in [2.45, 2.75) is 20.3 Å². The molecule has 20 heavy (non-hydrogen) atoms. The number of hydrogen-bond donors (Lipinski definition) is 1. The van der Waals surface area contributed by atoms with Gasteiger partial charge in [-0.2, -0.15) is 5.26 Å². The molecule has 0 unspecified atom stereocenters. The lowest BCUT2D eigenvalue weighted by Gasteiger charge is -2.09. The highest BCUT2D eigenvalue weighted by atomic mass is 16.6. The minimum atomic E-state index is -0.541. The fourth-order valence-electron chi connectivity index (χ4n) is 1.65. The quantitative estimate of drug-likeness (QED) is 0.448. The minimum Gasteiger partial charge on any atom is -0.380 e. The Balaban J connectivity index is 2.52. The average molecular weight is 277 g/mol. The van der Waals surface area contributed by atoms with Gasteiger partial charge in [0.05, 0.1) is 11.5 Å². The van der Waals surface area contributed by atoms with Gasteiger partial charge in [-0.25, -0.2) is 0 Å². The molecule has 0 amide bonds. The molecule has 0 bridgehead atoms. The molecule has 1 N–H and O–H groups in total. The van der Waals surface area contributed by atoms with Crippen molar-refractivity contribution < 1.29 is 9.66 Å². The molecule has 1 aromatic carbocycles. The van der Waals surface area contributed by atoms with Crippen LogP contribution >= 0.6 is 0 Å². The van der Waals surface area contributed by atoms with Crippen LogP contribution in [0.1, 0.15) is 25.8 Å². The van der Waals surface area contributed by atoms with E-state index in [1.165, 1.54) is 6.07 Å². The third-order valence-corrected chi connectivity index (χ3v) is 2.74. The zero-order valence-electron chi connectivity index (χ0n) is 11.8. The van der Waals surface area contributed by atoms with E-state index < -0.39 is 4.92 Å². The zero-order valence-corrected chi connectivity index (χ0v) is 11.8. The maximum absolute atomic E-state index is 11.0. The molecule has 0 spiro atoms. The van der Waals surface area contributed by atoms with Gasteiger partial charge in [0.25, 0.3) is 0 Å². The van der Waals surface area contributed by atoms with E-state index in [-0.39, 0.29) is 11.3 Å². The van der Waals surface area contributed by atoms with E-state index in [0.29, 0.717) is 31.4 Å². The van der Waals surface area contributed by atoms with E-state index in [2.05, 4.69) is 19.2 Å². The number of anilines is 1. The Morgan fingerprint density at radius 3 is 2.80 bits per heavy atom. The largest absolute Gasteiger partial charge is 0.380 e. The molecule has 1 aromatic rings. The summed E-state index contributed by atoms with van der Waals surface area (Å²) < 4.78 is 5.43. The molecular weight excluding hydrogens is 258 g/mol. The highest BCUT2D eigenvalue weighted by Gasteiger charge is 2.18. The molecule has 0 aromatic heterocycles. The average Bonchev–Trinajstić information content (AvgIpc) is 2.41. The second-order valence-corrected chi connectivity index (χ2v) is 4.79. The van der Waals surface area contributed by atoms with Crippen molar-refractivity contribution in [2.75, 3.05) is 25.1 Å². The number of benzene rings is 1. The molecule has 0 aliphatic heterocycles. The fourth-order valence-corrected chi connectivity index (χ4v) is 1.65. The van der Waals surface area contributed by atoms with Crippen LogP contribution in [0.25, 0.3) is 0 Å². The topological polar surface area (TPSA) is 88.2 Å². The molecule has 0 atom stereocenters. The number of hydrogen-bond acceptors (Lipinski definition) is 5. The second kappa shape index (κ2) is 8.12. The Morgan fingerprint density at radius 1 is 1.45 bits per heavy atom. The van der Waals surface area contributed by atoms with Gasteiger partial charge in [0.2, 0.25) is 0 Å². The number of nitro groups is 1. The Bertz CT molecular complexity index is 495. The van der Waals surface area contributed by atoms with Crippen molar-refractivity contribution in [1.82, 2.24) is 0 Å². The highest BCUT2D eigenvalue weighted by Crippen LogP contribution is 2.27. The monoisotopic (exact) mass is 277 g/mol. The number of nitro benzene ring substituents is 1. The van der Waals surface area contributed by atoms with E-state index in [0.717, 1.165) is 6.42 Å². The Morgan fingerprint density at radius 2 is 2.20 bits per heavy atom. The van der Waals surface area contributed by atoms with Gasteiger partial charge in [0.1, 0.15) is 17.3 Å². The van der Waals surface area contributed by atoms with E-state index in [1.54, 1.807) is 12.1 Å². The van der Waals surface area contributed by atoms with Crippen LogP contribution in [0.2, 0.25) is 0 Å². The molecule has 6 heteroatoms. The van der Waals surface area contributed by atoms with Gasteiger partial charge in [-0.15, -0.1) is 0 Å². The molecular formula is C14H19N3O3. The van der Waals surface area contributed by atoms with E-state index >= 15 is 0 Å². The maximum Gasteiger partial charge on any atom is 0.309 e. The summed E-state index contributed by atoms with van der Waals surface area (Å²) in [5.41, 5.74) is 0.222. The van der Waals surface area contributed by atoms with Crippen molar-refractivity contribution in [3.05, 3.63) is 33.9 Å². The van der Waals surface area contributed by atoms with E-state index in [1.807, 2.05) is 6.07 Å². The van der Waals surface area contributed by atoms with Crippen LogP contribution in [0.4, 0.5) is 11.4 Å². The predicted molar refractivity (Wildman–Crippen MR) is 76.6 cm³/mol. The standard InChI is InChI=1S/C14H19N3O3/c1-11(2)6-8-20-9-7-16-13-5-3-4-12(10-15)14(13)17(18)19/h3-5,11,16H,6-9H2,1-2H3. The van der Waals surface area contributed by atoms with Gasteiger partial charge in [0, 0.05) is 13.2 Å². The lowest BCUT2D eigenvalue weighted by Crippen LogP contribution is -2.12. The summed E-state index contributed by atoms with van der Waals surface area (Å²) >= 11 is 0. The van der Waals surface area contributed by atoms with Crippen molar-refractivity contribution in [1.29, 1.82) is 5.26 Å². The van der Waals surface area contributed by atoms with Gasteiger partial charge in [-0.05, 0) is 24.5 Å². The summed E-state index contributed by atoms with van der Waals surface area (Å²) in [6.45, 7) is 5.87. The van der Waals surface area contributed by atoms with Crippen LogP contribution in [-0.4, -0.2) is 24.7 Å². The first-order valence-electron chi connectivity index (χ1n) is 6.55. The van der Waals surface area contributed by atoms with Crippen molar-refractivity contribution in [3.63, 3.8) is 0 Å². The molecule has 0 heterocycles. The summed E-state index contributed by atoms with van der Waals surface area (Å²) in [5.74, 6) is 0.594. The SMILES string of the molecule is CC(C)CCOCCNc1cccc(C#N)c1[N+](=O)[O-]. The lowest BCUT2D eigenvalue weighted by molar-refractivity contribution is -0.384. The van der Waals surface area contributed by atoms with Crippen LogP contribution in [0, 0.1) is 27.4 Å². The Labute approximate surface area is 118 Å². The summed E-state index contributed by atoms with van der Waals surface area (Å²) in [5, 5.41) is 22.8. The van der Waals surface area contributed by atoms with E-state index in [9.17, 15) is 10.1 Å². The molecule has 108 valence electrons. The lowest BCUT2D eigenvalue weighted by atomic mass is 10.1. The second-order valence-electron chi connectivity index (χ2n) is 4.79. The Hall–Kier alpha value is -2.13.